The minimum Gasteiger partial charge on any atom is -1.00 e. The van der Waals surface area contributed by atoms with Crippen LogP contribution in [0.2, 0.25) is 10.0 Å². The van der Waals surface area contributed by atoms with Gasteiger partial charge in [0.1, 0.15) is 0 Å². The molecule has 0 nitrogen and oxygen atoms in total. The van der Waals surface area contributed by atoms with Gasteiger partial charge in [-0.1, -0.05) is 28.8 Å². The van der Waals surface area contributed by atoms with Gasteiger partial charge < -0.3 is 12.4 Å². The van der Waals surface area contributed by atoms with E-state index in [0.29, 0.717) is 10.0 Å². The third kappa shape index (κ3) is 4.34. The van der Waals surface area contributed by atoms with Crippen LogP contribution in [-0.2, 0) is 0 Å². The fourth-order valence-electron chi connectivity index (χ4n) is 0.543. The summed E-state index contributed by atoms with van der Waals surface area (Å²) in [6.07, 6.45) is 0. The first-order chi connectivity index (χ1) is 4.20. The van der Waals surface area contributed by atoms with Gasteiger partial charge in [-0.05, 0) is 5.02 Å². The molecule has 0 spiro atoms. The monoisotopic (exact) mass is 218 g/mol. The molecule has 0 heterocycles. The Hall–Kier alpha value is 0.726. The van der Waals surface area contributed by atoms with Gasteiger partial charge >= 0.3 is 23.1 Å². The van der Waals surface area contributed by atoms with E-state index in [2.05, 4.69) is 6.92 Å². The van der Waals surface area contributed by atoms with Crippen molar-refractivity contribution < 1.29 is 12.4 Å². The third-order valence-corrected chi connectivity index (χ3v) is 1.61. The summed E-state index contributed by atoms with van der Waals surface area (Å²) in [4.78, 5) is 0. The van der Waals surface area contributed by atoms with Crippen molar-refractivity contribution in [1.82, 2.24) is 0 Å². The first-order valence-electron chi connectivity index (χ1n) is 2.47. The van der Waals surface area contributed by atoms with Gasteiger partial charge in [0.2, 0.25) is 0 Å². The molecule has 11 heavy (non-hydrogen) atoms. The molecule has 0 aliphatic carbocycles. The van der Waals surface area contributed by atoms with Crippen LogP contribution in [0.4, 0.5) is 0 Å². The maximum absolute atomic E-state index is 5.66. The summed E-state index contributed by atoms with van der Waals surface area (Å²) >= 11 is 11.3. The van der Waals surface area contributed by atoms with E-state index >= 15 is 0 Å². The molecule has 0 aromatic heterocycles. The Bertz CT molecular complexity index is 225. The topological polar surface area (TPSA) is 0 Å². The summed E-state index contributed by atoms with van der Waals surface area (Å²) in [5, 5.41) is 1.32. The van der Waals surface area contributed by atoms with E-state index in [0.717, 1.165) is 5.56 Å². The van der Waals surface area contributed by atoms with Crippen LogP contribution >= 0.6 is 23.2 Å². The molecule has 0 aliphatic rings. The van der Waals surface area contributed by atoms with Crippen molar-refractivity contribution in [1.29, 1.82) is 0 Å². The van der Waals surface area contributed by atoms with Crippen LogP contribution in [-0.4, -0.2) is 23.1 Å². The molecule has 0 fully saturated rings. The molecule has 1 aromatic carbocycles. The van der Waals surface area contributed by atoms with Crippen molar-refractivity contribution in [2.24, 2.45) is 0 Å². The van der Waals surface area contributed by atoms with Gasteiger partial charge in [0.15, 0.2) is 0 Å². The zero-order chi connectivity index (χ0) is 6.85. The quantitative estimate of drug-likeness (QED) is 0.419. The maximum atomic E-state index is 5.66. The van der Waals surface area contributed by atoms with Crippen molar-refractivity contribution in [3.8, 4) is 0 Å². The fourth-order valence-corrected chi connectivity index (χ4v) is 0.856. The van der Waals surface area contributed by atoms with Gasteiger partial charge in [-0.15, -0.1) is 6.07 Å². The van der Waals surface area contributed by atoms with Gasteiger partial charge in [0.05, 0.1) is 0 Å². The van der Waals surface area contributed by atoms with E-state index < -0.39 is 0 Å². The average molecular weight is 220 g/mol. The number of hydrogen-bond acceptors (Lipinski definition) is 0. The molecule has 0 bridgehead atoms. The summed E-state index contributed by atoms with van der Waals surface area (Å²) in [6.45, 7) is 3.66. The minimum atomic E-state index is 0. The van der Waals surface area contributed by atoms with Gasteiger partial charge in [-0.3, -0.25) is 0 Å². The van der Waals surface area contributed by atoms with E-state index in [4.69, 9.17) is 23.2 Å². The Kier molecular flexibility index (Phi) is 8.12. The second-order valence-corrected chi connectivity index (χ2v) is 2.58. The van der Waals surface area contributed by atoms with Gasteiger partial charge in [0.25, 0.3) is 0 Å². The molecule has 1 rings (SSSR count). The van der Waals surface area contributed by atoms with Crippen LogP contribution in [0.5, 0.6) is 0 Å². The van der Waals surface area contributed by atoms with Crippen LogP contribution in [0, 0.1) is 6.92 Å². The van der Waals surface area contributed by atoms with E-state index in [9.17, 15) is 0 Å². The zero-order valence-electron chi connectivity index (χ0n) is 5.78. The van der Waals surface area contributed by atoms with Gasteiger partial charge in [-0.2, -0.15) is 24.1 Å². The number of benzene rings is 1. The van der Waals surface area contributed by atoms with Crippen LogP contribution < -0.4 is 12.4 Å². The second-order valence-electron chi connectivity index (χ2n) is 1.74. The molecule has 0 saturated heterocycles. The van der Waals surface area contributed by atoms with Crippen LogP contribution in [0.15, 0.2) is 18.2 Å². The first-order valence-corrected chi connectivity index (χ1v) is 3.23. The van der Waals surface area contributed by atoms with E-state index in [1.165, 1.54) is 0 Å². The zero-order valence-corrected chi connectivity index (χ0v) is 9.46. The number of halogens is 3. The molecular formula is C7H5Cl3Mg. The van der Waals surface area contributed by atoms with Crippen molar-refractivity contribution in [2.75, 3.05) is 0 Å². The van der Waals surface area contributed by atoms with Gasteiger partial charge in [-0.25, -0.2) is 0 Å². The summed E-state index contributed by atoms with van der Waals surface area (Å²) in [7, 11) is 0. The SMILES string of the molecule is [CH2-]c1cc(Cl)ccc1Cl.[Cl-].[Mg+2]. The van der Waals surface area contributed by atoms with Crippen molar-refractivity contribution in [3.63, 3.8) is 0 Å². The standard InChI is InChI=1S/C7H5Cl2.ClH.Mg/c1-5-4-6(8)2-3-7(5)9;;/h2-4H,1H2;1H;/q-1;;+2/p-1. The molecular weight excluding hydrogens is 215 g/mol. The van der Waals surface area contributed by atoms with Crippen molar-refractivity contribution in [2.45, 2.75) is 0 Å². The van der Waals surface area contributed by atoms with Crippen molar-refractivity contribution in [3.05, 3.63) is 40.7 Å². The number of rotatable bonds is 0. The molecule has 1 aromatic rings. The Morgan fingerprint density at radius 3 is 2.09 bits per heavy atom. The summed E-state index contributed by atoms with van der Waals surface area (Å²) in [5.74, 6) is 0. The number of hydrogen-bond donors (Lipinski definition) is 0. The van der Waals surface area contributed by atoms with Crippen LogP contribution in [0.3, 0.4) is 0 Å². The Morgan fingerprint density at radius 1 is 1.18 bits per heavy atom. The summed E-state index contributed by atoms with van der Waals surface area (Å²) in [6, 6.07) is 5.19. The predicted octanol–water partition coefficient (Wildman–Crippen LogP) is -0.201. The normalized spacial score (nSPS) is 7.82. The average Bonchev–Trinajstić information content (AvgIpc) is 1.80. The first kappa shape index (κ1) is 14.3. The molecule has 0 atom stereocenters. The molecule has 0 aliphatic heterocycles. The van der Waals surface area contributed by atoms with Crippen LogP contribution in [0.1, 0.15) is 5.56 Å². The molecule has 0 unspecified atom stereocenters. The molecule has 0 amide bonds. The Balaban J connectivity index is 0. The second kappa shape index (κ2) is 6.27. The minimum absolute atomic E-state index is 0. The van der Waals surface area contributed by atoms with Gasteiger partial charge in [0, 0.05) is 0 Å². The summed E-state index contributed by atoms with van der Waals surface area (Å²) < 4.78 is 0. The largest absolute Gasteiger partial charge is 2.00 e. The Labute approximate surface area is 98.8 Å². The maximum Gasteiger partial charge on any atom is 2.00 e. The molecule has 0 N–H and O–H groups in total. The summed E-state index contributed by atoms with van der Waals surface area (Å²) in [5.41, 5.74) is 0.768. The van der Waals surface area contributed by atoms with E-state index in [-0.39, 0.29) is 35.5 Å². The van der Waals surface area contributed by atoms with Crippen LogP contribution in [0.25, 0.3) is 0 Å². The fraction of sp³-hybridized carbons (Fsp3) is 0. The Morgan fingerprint density at radius 2 is 1.73 bits per heavy atom. The molecule has 0 radical (unpaired) electrons. The van der Waals surface area contributed by atoms with Crippen molar-refractivity contribution >= 4 is 46.3 Å². The van der Waals surface area contributed by atoms with E-state index in [1.807, 2.05) is 0 Å². The smallest absolute Gasteiger partial charge is 1.00 e. The predicted molar refractivity (Wildman–Crippen MR) is 46.7 cm³/mol. The molecule has 56 valence electrons. The third-order valence-electron chi connectivity index (χ3n) is 1.01. The molecule has 4 heteroatoms. The molecule has 0 saturated carbocycles. The van der Waals surface area contributed by atoms with E-state index in [1.54, 1.807) is 18.2 Å².